The van der Waals surface area contributed by atoms with Crippen LogP contribution in [0.15, 0.2) is 126 Å². The molecule has 0 bridgehead atoms. The number of nitrogens with zero attached hydrogens (tertiary/aromatic N) is 1. The van der Waals surface area contributed by atoms with E-state index in [1.165, 1.54) is 86.4 Å². The monoisotopic (exact) mass is 742 g/mol. The second-order valence-electron chi connectivity index (χ2n) is 18.0. The van der Waals surface area contributed by atoms with E-state index in [9.17, 15) is 0 Å². The smallest absolute Gasteiger partial charge is 0.198 e. The van der Waals surface area contributed by atoms with E-state index in [0.717, 1.165) is 40.6 Å². The van der Waals surface area contributed by atoms with E-state index in [4.69, 9.17) is 4.42 Å². The van der Waals surface area contributed by atoms with E-state index < -0.39 is 0 Å². The number of para-hydroxylation sites is 1. The fraction of sp³-hybridized carbons (Fsp3) is 0.176. The van der Waals surface area contributed by atoms with Crippen LogP contribution >= 0.6 is 11.3 Å². The molecule has 1 aliphatic heterocycles. The number of aromatic nitrogens is 1. The van der Waals surface area contributed by atoms with Crippen molar-refractivity contribution in [1.29, 1.82) is 0 Å². The van der Waals surface area contributed by atoms with Crippen LogP contribution in [-0.2, 0) is 10.8 Å². The molecule has 0 radical (unpaired) electrons. The number of benzene rings is 7. The minimum atomic E-state index is -0.0108. The lowest BCUT2D eigenvalue weighted by Gasteiger charge is -2.26. The molecule has 3 nitrogen and oxygen atoms in total. The SMILES string of the molecule is Cc1cc(-c2cc(C(C)(C)C)ccc2Nc2ccc(C(C)(C)C)cc2)c2c3c1c1cc4c(cc1n3-c1cc3c(cc1B2)sc1ccccc13)oc1ccccc14. The summed E-state index contributed by atoms with van der Waals surface area (Å²) in [4.78, 5) is 0. The Morgan fingerprint density at radius 3 is 2.12 bits per heavy atom. The average Bonchev–Trinajstić information content (AvgIpc) is 3.83. The van der Waals surface area contributed by atoms with E-state index in [1.807, 2.05) is 11.3 Å². The van der Waals surface area contributed by atoms with Crippen molar-refractivity contribution in [2.75, 3.05) is 5.32 Å². The summed E-state index contributed by atoms with van der Waals surface area (Å²) in [5.41, 5.74) is 17.1. The number of aryl methyl sites for hydroxylation is 1. The molecule has 0 unspecified atom stereocenters. The molecule has 1 aliphatic rings. The Labute approximate surface area is 331 Å². The van der Waals surface area contributed by atoms with Crippen LogP contribution in [0.1, 0.15) is 58.2 Å². The van der Waals surface area contributed by atoms with Gasteiger partial charge >= 0.3 is 0 Å². The third-order valence-corrected chi connectivity index (χ3v) is 13.4. The van der Waals surface area contributed by atoms with E-state index >= 15 is 0 Å². The molecule has 3 aromatic heterocycles. The summed E-state index contributed by atoms with van der Waals surface area (Å²) in [6, 6.07) is 45.4. The maximum Gasteiger partial charge on any atom is 0.198 e. The van der Waals surface area contributed by atoms with E-state index in [1.54, 1.807) is 0 Å². The molecular weight excluding hydrogens is 699 g/mol. The Morgan fingerprint density at radius 2 is 1.34 bits per heavy atom. The minimum Gasteiger partial charge on any atom is -0.456 e. The Bertz CT molecular complexity index is 3270. The van der Waals surface area contributed by atoms with E-state index in [0.29, 0.717) is 0 Å². The summed E-state index contributed by atoms with van der Waals surface area (Å²) >= 11 is 1.90. The fourth-order valence-corrected chi connectivity index (χ4v) is 10.4. The predicted octanol–water partition coefficient (Wildman–Crippen LogP) is 13.1. The van der Waals surface area contributed by atoms with Gasteiger partial charge < -0.3 is 14.3 Å². The van der Waals surface area contributed by atoms with Gasteiger partial charge in [0.2, 0.25) is 0 Å². The lowest BCUT2D eigenvalue weighted by atomic mass is 9.58. The van der Waals surface area contributed by atoms with Gasteiger partial charge in [0.15, 0.2) is 7.28 Å². The summed E-state index contributed by atoms with van der Waals surface area (Å²) in [6.07, 6.45) is 0. The summed E-state index contributed by atoms with van der Waals surface area (Å²) < 4.78 is 11.8. The molecule has 0 fully saturated rings. The number of rotatable bonds is 3. The first-order chi connectivity index (χ1) is 26.9. The van der Waals surface area contributed by atoms with Crippen molar-refractivity contribution < 1.29 is 4.42 Å². The topological polar surface area (TPSA) is 30.1 Å². The molecule has 1 N–H and O–H groups in total. The van der Waals surface area contributed by atoms with Gasteiger partial charge in [0.05, 0.1) is 5.52 Å². The Kier molecular flexibility index (Phi) is 6.97. The summed E-state index contributed by atoms with van der Waals surface area (Å²) in [5, 5.41) is 11.4. The maximum absolute atomic E-state index is 6.55. The number of thiophene rings is 1. The van der Waals surface area contributed by atoms with Crippen LogP contribution in [0.4, 0.5) is 11.4 Å². The van der Waals surface area contributed by atoms with Crippen molar-refractivity contribution in [3.63, 3.8) is 0 Å². The highest BCUT2D eigenvalue weighted by molar-refractivity contribution is 7.26. The number of fused-ring (bicyclic) bond motifs is 11. The van der Waals surface area contributed by atoms with Crippen LogP contribution in [0.5, 0.6) is 0 Å². The normalized spacial score (nSPS) is 13.1. The maximum atomic E-state index is 6.55. The molecule has 0 saturated heterocycles. The van der Waals surface area contributed by atoms with Gasteiger partial charge in [-0.1, -0.05) is 108 Å². The number of hydrogen-bond acceptors (Lipinski definition) is 3. The summed E-state index contributed by atoms with van der Waals surface area (Å²) in [5.74, 6) is 0. The van der Waals surface area contributed by atoms with Gasteiger partial charge in [-0.25, -0.2) is 0 Å². The summed E-state index contributed by atoms with van der Waals surface area (Å²) in [7, 11) is 0.848. The molecule has 0 atom stereocenters. The quantitative estimate of drug-likeness (QED) is 0.183. The molecule has 10 aromatic rings. The van der Waals surface area contributed by atoms with Crippen LogP contribution in [0.2, 0.25) is 0 Å². The van der Waals surface area contributed by atoms with Crippen LogP contribution in [0, 0.1) is 6.92 Å². The van der Waals surface area contributed by atoms with Gasteiger partial charge in [0.25, 0.3) is 0 Å². The highest BCUT2D eigenvalue weighted by atomic mass is 32.1. The van der Waals surface area contributed by atoms with Crippen molar-refractivity contribution in [1.82, 2.24) is 4.57 Å². The van der Waals surface area contributed by atoms with Crippen LogP contribution in [0.3, 0.4) is 0 Å². The molecule has 0 aliphatic carbocycles. The van der Waals surface area contributed by atoms with E-state index in [-0.39, 0.29) is 10.8 Å². The zero-order chi connectivity index (χ0) is 38.2. The van der Waals surface area contributed by atoms with Crippen LogP contribution in [0.25, 0.3) is 80.7 Å². The first-order valence-electron chi connectivity index (χ1n) is 19.8. The molecule has 272 valence electrons. The first kappa shape index (κ1) is 33.6. The number of hydrogen-bond donors (Lipinski definition) is 1. The summed E-state index contributed by atoms with van der Waals surface area (Å²) in [6.45, 7) is 16.1. The van der Waals surface area contributed by atoms with Gasteiger partial charge in [0.1, 0.15) is 11.2 Å². The van der Waals surface area contributed by atoms with Crippen molar-refractivity contribution in [2.24, 2.45) is 0 Å². The van der Waals surface area contributed by atoms with Crippen molar-refractivity contribution in [2.45, 2.75) is 59.3 Å². The lowest BCUT2D eigenvalue weighted by Crippen LogP contribution is -2.37. The van der Waals surface area contributed by atoms with Crippen molar-refractivity contribution >= 4 is 105 Å². The predicted molar refractivity (Wildman–Crippen MR) is 245 cm³/mol. The zero-order valence-electron chi connectivity index (χ0n) is 33.0. The number of nitrogens with one attached hydrogen (secondary N) is 1. The molecule has 7 aromatic carbocycles. The third kappa shape index (κ3) is 4.96. The molecule has 0 saturated carbocycles. The second kappa shape index (κ2) is 11.6. The number of anilines is 2. The van der Waals surface area contributed by atoms with E-state index in [2.05, 4.69) is 180 Å². The van der Waals surface area contributed by atoms with Gasteiger partial charge in [0, 0.05) is 75.9 Å². The average molecular weight is 743 g/mol. The molecule has 0 spiro atoms. The molecular formula is C51H43BN2OS. The molecule has 0 amide bonds. The standard InChI is InChI=1S/C51H43BN2OS/c1-28-22-37(34-23-30(51(5,6)7)18-21-40(34)53-31-19-16-29(17-20-31)50(2,3)4)48-49-47(28)38-24-35-32-12-8-10-14-43(32)55-44(35)27-41(38)54(49)42-25-36-33-13-9-11-15-45(33)56-46(36)26-39(42)52-48/h8-27,52-53H,1-7H3. The van der Waals surface area contributed by atoms with Crippen molar-refractivity contribution in [3.05, 3.63) is 138 Å². The van der Waals surface area contributed by atoms with Gasteiger partial charge in [-0.3, -0.25) is 0 Å². The third-order valence-electron chi connectivity index (χ3n) is 12.2. The largest absolute Gasteiger partial charge is 0.456 e. The Balaban J connectivity index is 1.22. The highest BCUT2D eigenvalue weighted by Crippen LogP contribution is 2.44. The zero-order valence-corrected chi connectivity index (χ0v) is 33.8. The van der Waals surface area contributed by atoms with Crippen LogP contribution in [-0.4, -0.2) is 11.8 Å². The highest BCUT2D eigenvalue weighted by Gasteiger charge is 2.30. The van der Waals surface area contributed by atoms with Gasteiger partial charge in [-0.05, 0) is 100 Å². The Hall–Kier alpha value is -5.78. The lowest BCUT2D eigenvalue weighted by molar-refractivity contribution is 0.590. The molecule has 11 rings (SSSR count). The minimum absolute atomic E-state index is 0.0108. The first-order valence-corrected chi connectivity index (χ1v) is 20.6. The Morgan fingerprint density at radius 1 is 0.607 bits per heavy atom. The molecule has 4 heterocycles. The van der Waals surface area contributed by atoms with Gasteiger partial charge in [-0.15, -0.1) is 11.3 Å². The number of furan rings is 1. The van der Waals surface area contributed by atoms with Crippen molar-refractivity contribution in [3.8, 4) is 16.8 Å². The van der Waals surface area contributed by atoms with Gasteiger partial charge in [-0.2, -0.15) is 0 Å². The molecule has 5 heteroatoms. The second-order valence-corrected chi connectivity index (χ2v) is 19.0. The fourth-order valence-electron chi connectivity index (χ4n) is 9.26. The molecule has 56 heavy (non-hydrogen) atoms. The van der Waals surface area contributed by atoms with Crippen LogP contribution < -0.4 is 16.2 Å².